The summed E-state index contributed by atoms with van der Waals surface area (Å²) in [5, 5.41) is 8.07. The van der Waals surface area contributed by atoms with Crippen molar-refractivity contribution in [3.8, 4) is 11.5 Å². The average Bonchev–Trinajstić information content (AvgIpc) is 3.20. The Morgan fingerprint density at radius 1 is 1.07 bits per heavy atom. The fourth-order valence-electron chi connectivity index (χ4n) is 3.95. The largest absolute Gasteiger partial charge is 0.497 e. The van der Waals surface area contributed by atoms with E-state index in [0.717, 1.165) is 39.0 Å². The lowest BCUT2D eigenvalue weighted by Crippen LogP contribution is -2.34. The van der Waals surface area contributed by atoms with E-state index in [1.54, 1.807) is 13.2 Å². The van der Waals surface area contributed by atoms with Gasteiger partial charge in [0.15, 0.2) is 0 Å². The molecule has 0 fully saturated rings. The predicted octanol–water partition coefficient (Wildman–Crippen LogP) is 7.01. The Labute approximate surface area is 193 Å². The first-order valence-corrected chi connectivity index (χ1v) is 11.0. The molecular weight excluding hydrogens is 487 g/mol. The van der Waals surface area contributed by atoms with Gasteiger partial charge in [-0.1, -0.05) is 57.3 Å². The van der Waals surface area contributed by atoms with Gasteiger partial charge in [-0.05, 0) is 48.0 Å². The number of hydrogen-bond acceptors (Lipinski definition) is 4. The van der Waals surface area contributed by atoms with Crippen LogP contribution in [-0.2, 0) is 0 Å². The Balaban J connectivity index is 1.62. The lowest BCUT2D eigenvalue weighted by molar-refractivity contribution is -0.0194. The van der Waals surface area contributed by atoms with Crippen LogP contribution >= 0.6 is 39.1 Å². The first kappa shape index (κ1) is 19.7. The van der Waals surface area contributed by atoms with Gasteiger partial charge in [-0.2, -0.15) is 5.10 Å². The SMILES string of the molecule is COc1ccc(C2=NN3[C@@H](c4ccccc4Br)Oc4c(Cl)cc(Cl)cc4[C@@H]3C2)cc1. The molecule has 2 aliphatic heterocycles. The summed E-state index contributed by atoms with van der Waals surface area (Å²) in [5.74, 6) is 1.47. The summed E-state index contributed by atoms with van der Waals surface area (Å²) in [6.45, 7) is 0. The van der Waals surface area contributed by atoms with E-state index in [1.807, 2.05) is 59.6 Å². The monoisotopic (exact) mass is 502 g/mol. The van der Waals surface area contributed by atoms with E-state index < -0.39 is 6.23 Å². The van der Waals surface area contributed by atoms with E-state index in [2.05, 4.69) is 15.9 Å². The van der Waals surface area contributed by atoms with Crippen molar-refractivity contribution in [1.82, 2.24) is 5.01 Å². The third kappa shape index (κ3) is 3.35. The maximum absolute atomic E-state index is 6.53. The molecule has 0 spiro atoms. The highest BCUT2D eigenvalue weighted by molar-refractivity contribution is 9.10. The van der Waals surface area contributed by atoms with E-state index in [9.17, 15) is 0 Å². The van der Waals surface area contributed by atoms with E-state index in [-0.39, 0.29) is 6.04 Å². The maximum Gasteiger partial charge on any atom is 0.215 e. The van der Waals surface area contributed by atoms with Gasteiger partial charge in [0.2, 0.25) is 6.23 Å². The van der Waals surface area contributed by atoms with Gasteiger partial charge in [0.25, 0.3) is 0 Å². The summed E-state index contributed by atoms with van der Waals surface area (Å²) in [6.07, 6.45) is 0.313. The number of hydrazone groups is 1. The zero-order valence-corrected chi connectivity index (χ0v) is 19.1. The van der Waals surface area contributed by atoms with Crippen LogP contribution in [-0.4, -0.2) is 17.8 Å². The number of hydrogen-bond donors (Lipinski definition) is 0. The molecule has 0 amide bonds. The Morgan fingerprint density at radius 2 is 1.83 bits per heavy atom. The summed E-state index contributed by atoms with van der Waals surface area (Å²) >= 11 is 16.5. The normalized spacial score (nSPS) is 19.6. The van der Waals surface area contributed by atoms with Crippen molar-refractivity contribution in [2.45, 2.75) is 18.7 Å². The molecule has 152 valence electrons. The van der Waals surface area contributed by atoms with Crippen LogP contribution in [0.2, 0.25) is 10.0 Å². The number of halogens is 3. The molecule has 0 bridgehead atoms. The Bertz CT molecular complexity index is 1150. The standard InChI is InChI=1S/C23H17BrCl2N2O2/c1-29-15-8-6-13(7-9-15)20-12-21-17-10-14(25)11-19(26)22(17)30-23(28(21)27-20)16-4-2-3-5-18(16)24/h2-11,21,23H,12H2,1H3/t21-,23+/m0/s1. The van der Waals surface area contributed by atoms with Crippen molar-refractivity contribution < 1.29 is 9.47 Å². The minimum absolute atomic E-state index is 0.0286. The third-order valence-electron chi connectivity index (χ3n) is 5.40. The van der Waals surface area contributed by atoms with Crippen molar-refractivity contribution in [3.63, 3.8) is 0 Å². The second-order valence-electron chi connectivity index (χ2n) is 7.17. The fraction of sp³-hybridized carbons (Fsp3) is 0.174. The predicted molar refractivity (Wildman–Crippen MR) is 123 cm³/mol. The molecule has 0 N–H and O–H groups in total. The molecule has 5 rings (SSSR count). The fourth-order valence-corrected chi connectivity index (χ4v) is 4.99. The van der Waals surface area contributed by atoms with Crippen molar-refractivity contribution in [2.24, 2.45) is 5.10 Å². The van der Waals surface area contributed by atoms with Gasteiger partial charge >= 0.3 is 0 Å². The van der Waals surface area contributed by atoms with E-state index >= 15 is 0 Å². The molecule has 30 heavy (non-hydrogen) atoms. The second-order valence-corrected chi connectivity index (χ2v) is 8.87. The molecular formula is C23H17BrCl2N2O2. The van der Waals surface area contributed by atoms with Crippen LogP contribution in [0.5, 0.6) is 11.5 Å². The van der Waals surface area contributed by atoms with Crippen molar-refractivity contribution in [1.29, 1.82) is 0 Å². The summed E-state index contributed by atoms with van der Waals surface area (Å²) in [7, 11) is 1.66. The van der Waals surface area contributed by atoms with Crippen LogP contribution in [0.15, 0.2) is 70.2 Å². The highest BCUT2D eigenvalue weighted by Crippen LogP contribution is 2.51. The Kier molecular flexibility index (Phi) is 5.13. The Morgan fingerprint density at radius 3 is 2.57 bits per heavy atom. The van der Waals surface area contributed by atoms with Crippen molar-refractivity contribution >= 4 is 44.8 Å². The van der Waals surface area contributed by atoms with Crippen LogP contribution < -0.4 is 9.47 Å². The van der Waals surface area contributed by atoms with Crippen molar-refractivity contribution in [3.05, 3.63) is 91.9 Å². The molecule has 3 aromatic rings. The third-order valence-corrected chi connectivity index (χ3v) is 6.62. The van der Waals surface area contributed by atoms with Gasteiger partial charge in [-0.25, -0.2) is 5.01 Å². The van der Waals surface area contributed by atoms with Gasteiger partial charge < -0.3 is 9.47 Å². The molecule has 2 heterocycles. The summed E-state index contributed by atoms with van der Waals surface area (Å²) in [6, 6.07) is 19.5. The van der Waals surface area contributed by atoms with Gasteiger partial charge in [0.1, 0.15) is 11.5 Å². The van der Waals surface area contributed by atoms with Crippen LogP contribution in [0.1, 0.15) is 35.4 Å². The minimum atomic E-state index is -0.410. The zero-order valence-electron chi connectivity index (χ0n) is 16.0. The summed E-state index contributed by atoms with van der Waals surface area (Å²) in [4.78, 5) is 0. The van der Waals surface area contributed by atoms with Crippen molar-refractivity contribution in [2.75, 3.05) is 7.11 Å². The van der Waals surface area contributed by atoms with Crippen LogP contribution in [0, 0.1) is 0 Å². The molecule has 0 saturated heterocycles. The summed E-state index contributed by atoms with van der Waals surface area (Å²) in [5.41, 5.74) is 3.96. The quantitative estimate of drug-likeness (QED) is 0.385. The molecule has 2 aliphatic rings. The van der Waals surface area contributed by atoms with Crippen LogP contribution in [0.25, 0.3) is 0 Å². The first-order valence-electron chi connectivity index (χ1n) is 9.45. The number of ether oxygens (including phenoxy) is 2. The van der Waals surface area contributed by atoms with E-state index in [1.165, 1.54) is 0 Å². The molecule has 7 heteroatoms. The van der Waals surface area contributed by atoms with Crippen LogP contribution in [0.3, 0.4) is 0 Å². The first-order chi connectivity index (χ1) is 14.5. The van der Waals surface area contributed by atoms with Crippen LogP contribution in [0.4, 0.5) is 0 Å². The molecule has 0 radical (unpaired) electrons. The number of rotatable bonds is 3. The van der Waals surface area contributed by atoms with Gasteiger partial charge in [-0.3, -0.25) is 0 Å². The lowest BCUT2D eigenvalue weighted by atomic mass is 9.96. The van der Waals surface area contributed by atoms with Gasteiger partial charge in [0, 0.05) is 27.0 Å². The Hall–Kier alpha value is -2.21. The lowest BCUT2D eigenvalue weighted by Gasteiger charge is -2.39. The number of nitrogens with zero attached hydrogens (tertiary/aromatic N) is 2. The molecule has 0 unspecified atom stereocenters. The summed E-state index contributed by atoms with van der Waals surface area (Å²) < 4.78 is 12.6. The number of methoxy groups -OCH3 is 1. The highest BCUT2D eigenvalue weighted by Gasteiger charge is 2.42. The minimum Gasteiger partial charge on any atom is -0.497 e. The molecule has 2 atom stereocenters. The van der Waals surface area contributed by atoms with E-state index in [4.69, 9.17) is 37.8 Å². The zero-order chi connectivity index (χ0) is 20.8. The number of benzene rings is 3. The molecule has 0 saturated carbocycles. The smallest absolute Gasteiger partial charge is 0.215 e. The molecule has 0 aliphatic carbocycles. The topological polar surface area (TPSA) is 34.1 Å². The maximum atomic E-state index is 6.53. The van der Waals surface area contributed by atoms with Gasteiger partial charge in [0.05, 0.1) is 23.9 Å². The highest BCUT2D eigenvalue weighted by atomic mass is 79.9. The second kappa shape index (κ2) is 7.80. The van der Waals surface area contributed by atoms with E-state index in [0.29, 0.717) is 15.8 Å². The average molecular weight is 504 g/mol. The molecule has 4 nitrogen and oxygen atoms in total. The molecule has 3 aromatic carbocycles. The van der Waals surface area contributed by atoms with Gasteiger partial charge in [-0.15, -0.1) is 0 Å². The number of fused-ring (bicyclic) bond motifs is 3. The molecule has 0 aromatic heterocycles.